The number of hydrogen-bond donors (Lipinski definition) is 0. The average molecular weight is 228 g/mol. The monoisotopic (exact) mass is 228 g/mol. The third kappa shape index (κ3) is 2.92. The molecule has 2 rings (SSSR count). The first-order valence-electron chi connectivity index (χ1n) is 5.82. The van der Waals surface area contributed by atoms with Crippen LogP contribution >= 0.6 is 0 Å². The Morgan fingerprint density at radius 1 is 1.12 bits per heavy atom. The van der Waals surface area contributed by atoms with E-state index in [-0.39, 0.29) is 5.78 Å². The standard InChI is InChI=1S/C15H16O2/c1-17-10-4-7-15(16)14-9-8-12-5-2-3-6-13(12)11-14/h2-3,5-6,8-9,11H,4,7,10H2,1H3. The summed E-state index contributed by atoms with van der Waals surface area (Å²) in [6, 6.07) is 13.9. The largest absolute Gasteiger partial charge is 0.385 e. The van der Waals surface area contributed by atoms with Crippen LogP contribution in [0.25, 0.3) is 10.8 Å². The number of ether oxygens (including phenoxy) is 1. The van der Waals surface area contributed by atoms with Crippen molar-refractivity contribution in [2.24, 2.45) is 0 Å². The molecule has 2 aromatic carbocycles. The van der Waals surface area contributed by atoms with Crippen LogP contribution in [0.5, 0.6) is 0 Å². The van der Waals surface area contributed by atoms with Crippen molar-refractivity contribution in [3.8, 4) is 0 Å². The Hall–Kier alpha value is -1.67. The lowest BCUT2D eigenvalue weighted by Crippen LogP contribution is -2.01. The maximum atomic E-state index is 11.9. The number of benzene rings is 2. The van der Waals surface area contributed by atoms with Crippen LogP contribution < -0.4 is 0 Å². The number of carbonyl (C=O) groups is 1. The molecule has 0 bridgehead atoms. The molecule has 0 fully saturated rings. The Balaban J connectivity index is 2.15. The lowest BCUT2D eigenvalue weighted by atomic mass is 10.0. The lowest BCUT2D eigenvalue weighted by molar-refractivity contribution is 0.0963. The van der Waals surface area contributed by atoms with Gasteiger partial charge in [-0.3, -0.25) is 4.79 Å². The summed E-state index contributed by atoms with van der Waals surface area (Å²) in [5.74, 6) is 0.188. The van der Waals surface area contributed by atoms with E-state index in [0.29, 0.717) is 13.0 Å². The van der Waals surface area contributed by atoms with Crippen LogP contribution in [-0.4, -0.2) is 19.5 Å². The van der Waals surface area contributed by atoms with Gasteiger partial charge in [-0.25, -0.2) is 0 Å². The Bertz CT molecular complexity index is 517. The van der Waals surface area contributed by atoms with E-state index in [9.17, 15) is 4.79 Å². The normalized spacial score (nSPS) is 10.6. The summed E-state index contributed by atoms with van der Waals surface area (Å²) in [6.07, 6.45) is 1.33. The van der Waals surface area contributed by atoms with Gasteiger partial charge in [0.25, 0.3) is 0 Å². The molecule has 0 radical (unpaired) electrons. The molecule has 0 aliphatic heterocycles. The Kier molecular flexibility index (Phi) is 3.89. The van der Waals surface area contributed by atoms with Gasteiger partial charge < -0.3 is 4.74 Å². The van der Waals surface area contributed by atoms with Crippen LogP contribution in [-0.2, 0) is 4.74 Å². The molecule has 0 amide bonds. The van der Waals surface area contributed by atoms with Crippen molar-refractivity contribution in [3.05, 3.63) is 48.0 Å². The highest BCUT2D eigenvalue weighted by molar-refractivity contribution is 5.99. The van der Waals surface area contributed by atoms with Gasteiger partial charge in [-0.05, 0) is 23.3 Å². The van der Waals surface area contributed by atoms with Gasteiger partial charge in [0.15, 0.2) is 5.78 Å². The molecule has 17 heavy (non-hydrogen) atoms. The summed E-state index contributed by atoms with van der Waals surface area (Å²) in [5.41, 5.74) is 0.791. The molecule has 0 spiro atoms. The van der Waals surface area contributed by atoms with E-state index in [1.54, 1.807) is 7.11 Å². The molecule has 2 aromatic rings. The Morgan fingerprint density at radius 3 is 2.65 bits per heavy atom. The van der Waals surface area contributed by atoms with Gasteiger partial charge in [0.05, 0.1) is 0 Å². The fourth-order valence-electron chi connectivity index (χ4n) is 1.88. The third-order valence-electron chi connectivity index (χ3n) is 2.82. The van der Waals surface area contributed by atoms with Crippen molar-refractivity contribution in [1.29, 1.82) is 0 Å². The van der Waals surface area contributed by atoms with E-state index in [0.717, 1.165) is 17.4 Å². The zero-order valence-corrected chi connectivity index (χ0v) is 9.98. The fourth-order valence-corrected chi connectivity index (χ4v) is 1.88. The van der Waals surface area contributed by atoms with Crippen molar-refractivity contribution in [2.75, 3.05) is 13.7 Å². The molecule has 0 heterocycles. The summed E-state index contributed by atoms with van der Waals surface area (Å²) < 4.78 is 4.95. The van der Waals surface area contributed by atoms with Gasteiger partial charge in [0, 0.05) is 25.7 Å². The minimum atomic E-state index is 0.188. The van der Waals surface area contributed by atoms with Crippen LogP contribution in [0.2, 0.25) is 0 Å². The predicted molar refractivity (Wildman–Crippen MR) is 69.4 cm³/mol. The highest BCUT2D eigenvalue weighted by Gasteiger charge is 2.05. The topological polar surface area (TPSA) is 26.3 Å². The molecule has 0 saturated carbocycles. The quantitative estimate of drug-likeness (QED) is 0.578. The molecule has 0 aliphatic rings. The molecule has 2 heteroatoms. The van der Waals surface area contributed by atoms with E-state index < -0.39 is 0 Å². The van der Waals surface area contributed by atoms with Gasteiger partial charge >= 0.3 is 0 Å². The zero-order chi connectivity index (χ0) is 12.1. The van der Waals surface area contributed by atoms with Gasteiger partial charge in [-0.1, -0.05) is 36.4 Å². The molecule has 0 aromatic heterocycles. The van der Waals surface area contributed by atoms with Crippen LogP contribution in [0, 0.1) is 0 Å². The minimum absolute atomic E-state index is 0.188. The van der Waals surface area contributed by atoms with Gasteiger partial charge in [-0.15, -0.1) is 0 Å². The number of methoxy groups -OCH3 is 1. The second kappa shape index (κ2) is 5.60. The lowest BCUT2D eigenvalue weighted by Gasteiger charge is -2.03. The first kappa shape index (κ1) is 11.8. The van der Waals surface area contributed by atoms with Crippen LogP contribution in [0.15, 0.2) is 42.5 Å². The molecule has 0 unspecified atom stereocenters. The predicted octanol–water partition coefficient (Wildman–Crippen LogP) is 3.45. The number of hydrogen-bond acceptors (Lipinski definition) is 2. The molecule has 0 aliphatic carbocycles. The number of carbonyl (C=O) groups excluding carboxylic acids is 1. The summed E-state index contributed by atoms with van der Waals surface area (Å²) in [5, 5.41) is 2.28. The number of rotatable bonds is 5. The van der Waals surface area contributed by atoms with Crippen molar-refractivity contribution < 1.29 is 9.53 Å². The maximum absolute atomic E-state index is 11.9. The summed E-state index contributed by atoms with van der Waals surface area (Å²) >= 11 is 0. The van der Waals surface area contributed by atoms with E-state index in [4.69, 9.17) is 4.74 Å². The minimum Gasteiger partial charge on any atom is -0.385 e. The zero-order valence-electron chi connectivity index (χ0n) is 9.98. The van der Waals surface area contributed by atoms with Gasteiger partial charge in [0.2, 0.25) is 0 Å². The van der Waals surface area contributed by atoms with Crippen molar-refractivity contribution in [1.82, 2.24) is 0 Å². The van der Waals surface area contributed by atoms with E-state index in [2.05, 4.69) is 6.07 Å². The van der Waals surface area contributed by atoms with Crippen LogP contribution in [0.4, 0.5) is 0 Å². The highest BCUT2D eigenvalue weighted by Crippen LogP contribution is 2.17. The first-order valence-corrected chi connectivity index (χ1v) is 5.82. The van der Waals surface area contributed by atoms with Crippen molar-refractivity contribution in [3.63, 3.8) is 0 Å². The summed E-state index contributed by atoms with van der Waals surface area (Å²) in [4.78, 5) is 11.9. The van der Waals surface area contributed by atoms with Crippen LogP contribution in [0.3, 0.4) is 0 Å². The number of Topliss-reactive ketones (excluding diaryl/α,β-unsaturated/α-hetero) is 1. The molecule has 88 valence electrons. The van der Waals surface area contributed by atoms with Crippen molar-refractivity contribution in [2.45, 2.75) is 12.8 Å². The average Bonchev–Trinajstić information content (AvgIpc) is 2.38. The Morgan fingerprint density at radius 2 is 1.88 bits per heavy atom. The van der Waals surface area contributed by atoms with Gasteiger partial charge in [0.1, 0.15) is 0 Å². The molecule has 0 saturated heterocycles. The molecule has 2 nitrogen and oxygen atoms in total. The summed E-state index contributed by atoms with van der Waals surface area (Å²) in [6.45, 7) is 0.638. The Labute approximate surface area is 101 Å². The van der Waals surface area contributed by atoms with E-state index >= 15 is 0 Å². The second-order valence-corrected chi connectivity index (χ2v) is 4.08. The van der Waals surface area contributed by atoms with E-state index in [1.165, 1.54) is 5.39 Å². The first-order chi connectivity index (χ1) is 8.31. The third-order valence-corrected chi connectivity index (χ3v) is 2.82. The molecular weight excluding hydrogens is 212 g/mol. The molecular formula is C15H16O2. The smallest absolute Gasteiger partial charge is 0.162 e. The number of ketones is 1. The summed E-state index contributed by atoms with van der Waals surface area (Å²) in [7, 11) is 1.65. The maximum Gasteiger partial charge on any atom is 0.162 e. The molecule has 0 atom stereocenters. The van der Waals surface area contributed by atoms with E-state index in [1.807, 2.05) is 36.4 Å². The van der Waals surface area contributed by atoms with Crippen molar-refractivity contribution >= 4 is 16.6 Å². The molecule has 0 N–H and O–H groups in total. The second-order valence-electron chi connectivity index (χ2n) is 4.08. The van der Waals surface area contributed by atoms with Crippen LogP contribution in [0.1, 0.15) is 23.2 Å². The fraction of sp³-hybridized carbons (Fsp3) is 0.267. The van der Waals surface area contributed by atoms with Gasteiger partial charge in [-0.2, -0.15) is 0 Å². The highest BCUT2D eigenvalue weighted by atomic mass is 16.5. The SMILES string of the molecule is COCCCC(=O)c1ccc2ccccc2c1. The number of fused-ring (bicyclic) bond motifs is 1.